The Bertz CT molecular complexity index is 744. The van der Waals surface area contributed by atoms with Crippen molar-refractivity contribution < 1.29 is 9.90 Å². The molecule has 0 unspecified atom stereocenters. The molecule has 96 valence electrons. The number of halogens is 1. The zero-order valence-electron chi connectivity index (χ0n) is 9.72. The van der Waals surface area contributed by atoms with E-state index in [1.807, 2.05) is 23.6 Å². The predicted octanol–water partition coefficient (Wildman–Crippen LogP) is 4.75. The maximum Gasteiger partial charge on any atom is 0.183 e. The molecule has 2 nitrogen and oxygen atoms in total. The van der Waals surface area contributed by atoms with E-state index in [0.29, 0.717) is 17.0 Å². The van der Waals surface area contributed by atoms with Crippen molar-refractivity contribution in [3.63, 3.8) is 0 Å². The van der Waals surface area contributed by atoms with Crippen molar-refractivity contribution in [2.24, 2.45) is 0 Å². The van der Waals surface area contributed by atoms with E-state index >= 15 is 0 Å². The number of carbonyl (C=O) groups excluding carboxylic acids is 1. The first-order valence-corrected chi connectivity index (χ1v) is 7.69. The fraction of sp³-hybridized carbons (Fsp3) is 0.0714. The molecule has 0 atom stereocenters. The van der Waals surface area contributed by atoms with Gasteiger partial charge in [0.25, 0.3) is 0 Å². The van der Waals surface area contributed by atoms with Crippen LogP contribution in [-0.2, 0) is 6.42 Å². The van der Waals surface area contributed by atoms with E-state index in [4.69, 9.17) is 11.6 Å². The van der Waals surface area contributed by atoms with E-state index in [1.165, 1.54) is 22.7 Å². The zero-order valence-corrected chi connectivity index (χ0v) is 12.1. The van der Waals surface area contributed by atoms with Crippen molar-refractivity contribution in [3.05, 3.63) is 51.2 Å². The number of fused-ring (bicyclic) bond motifs is 1. The van der Waals surface area contributed by atoms with E-state index in [0.717, 1.165) is 15.0 Å². The average molecular weight is 309 g/mol. The van der Waals surface area contributed by atoms with E-state index in [2.05, 4.69) is 0 Å². The minimum Gasteiger partial charge on any atom is -0.499 e. The van der Waals surface area contributed by atoms with Gasteiger partial charge in [-0.25, -0.2) is 0 Å². The lowest BCUT2D eigenvalue weighted by Crippen LogP contribution is -2.01. The summed E-state index contributed by atoms with van der Waals surface area (Å²) in [5.74, 6) is -0.0755. The van der Waals surface area contributed by atoms with Crippen LogP contribution < -0.4 is 0 Å². The smallest absolute Gasteiger partial charge is 0.183 e. The Labute approximate surface area is 122 Å². The van der Waals surface area contributed by atoms with Crippen molar-refractivity contribution >= 4 is 50.1 Å². The predicted molar refractivity (Wildman–Crippen MR) is 80.9 cm³/mol. The summed E-state index contributed by atoms with van der Waals surface area (Å²) < 4.78 is 0.872. The Morgan fingerprint density at radius 3 is 2.89 bits per heavy atom. The molecule has 0 saturated heterocycles. The second kappa shape index (κ2) is 4.96. The van der Waals surface area contributed by atoms with Crippen LogP contribution in [0.2, 0.25) is 5.02 Å². The number of rotatable bonds is 3. The van der Waals surface area contributed by atoms with Crippen molar-refractivity contribution in [2.75, 3.05) is 0 Å². The number of benzene rings is 1. The highest BCUT2D eigenvalue weighted by Gasteiger charge is 2.19. The summed E-state index contributed by atoms with van der Waals surface area (Å²) >= 11 is 8.71. The molecule has 1 N–H and O–H groups in total. The van der Waals surface area contributed by atoms with Crippen LogP contribution in [0.1, 0.15) is 15.2 Å². The van der Waals surface area contributed by atoms with Gasteiger partial charge in [-0.05, 0) is 29.6 Å². The summed E-state index contributed by atoms with van der Waals surface area (Å²) in [6.07, 6.45) is 0.309. The van der Waals surface area contributed by atoms with Gasteiger partial charge in [0.05, 0.1) is 5.56 Å². The summed E-state index contributed by atoms with van der Waals surface area (Å²) in [5, 5.41) is 13.3. The molecule has 0 saturated carbocycles. The minimum absolute atomic E-state index is 0.0684. The average Bonchev–Trinajstić information content (AvgIpc) is 2.95. The van der Waals surface area contributed by atoms with Gasteiger partial charge in [0.15, 0.2) is 10.8 Å². The van der Waals surface area contributed by atoms with Crippen LogP contribution in [-0.4, -0.2) is 10.9 Å². The van der Waals surface area contributed by atoms with E-state index < -0.39 is 0 Å². The standard InChI is InChI=1S/C14H9ClO2S2/c15-8-3-4-12-10(6-8)13(14(17)19-12)11(16)7-9-2-1-5-18-9/h1-6,17H,7H2. The van der Waals surface area contributed by atoms with Gasteiger partial charge < -0.3 is 5.11 Å². The first-order valence-electron chi connectivity index (χ1n) is 5.62. The molecule has 19 heavy (non-hydrogen) atoms. The lowest BCUT2D eigenvalue weighted by Gasteiger charge is -1.99. The highest BCUT2D eigenvalue weighted by atomic mass is 35.5. The van der Waals surface area contributed by atoms with E-state index in [1.54, 1.807) is 12.1 Å². The van der Waals surface area contributed by atoms with Crippen LogP contribution in [0.15, 0.2) is 35.7 Å². The highest BCUT2D eigenvalue weighted by Crippen LogP contribution is 2.38. The second-order valence-corrected chi connectivity index (χ2v) is 6.60. The van der Waals surface area contributed by atoms with Gasteiger partial charge in [-0.1, -0.05) is 29.0 Å². The lowest BCUT2D eigenvalue weighted by atomic mass is 10.1. The summed E-state index contributed by atoms with van der Waals surface area (Å²) in [7, 11) is 0. The van der Waals surface area contributed by atoms with Crippen LogP contribution in [0, 0.1) is 0 Å². The van der Waals surface area contributed by atoms with Crippen molar-refractivity contribution in [1.29, 1.82) is 0 Å². The molecule has 1 aromatic carbocycles. The lowest BCUT2D eigenvalue weighted by molar-refractivity contribution is 0.0993. The summed E-state index contributed by atoms with van der Waals surface area (Å²) in [5.41, 5.74) is 0.385. The highest BCUT2D eigenvalue weighted by molar-refractivity contribution is 7.21. The van der Waals surface area contributed by atoms with Crippen LogP contribution in [0.5, 0.6) is 5.06 Å². The SMILES string of the molecule is O=C(Cc1cccs1)c1c(O)sc2ccc(Cl)cc12. The Kier molecular flexibility index (Phi) is 3.31. The van der Waals surface area contributed by atoms with Gasteiger partial charge in [0, 0.05) is 26.4 Å². The molecule has 0 radical (unpaired) electrons. The van der Waals surface area contributed by atoms with Gasteiger partial charge in [-0.2, -0.15) is 0 Å². The number of hydrogen-bond donors (Lipinski definition) is 1. The van der Waals surface area contributed by atoms with Gasteiger partial charge in [-0.3, -0.25) is 4.79 Å². The molecule has 3 aromatic rings. The zero-order chi connectivity index (χ0) is 13.4. The molecule has 0 aliphatic heterocycles. The fourth-order valence-electron chi connectivity index (χ4n) is 1.99. The normalized spacial score (nSPS) is 11.0. The first kappa shape index (κ1) is 12.7. The topological polar surface area (TPSA) is 37.3 Å². The Balaban J connectivity index is 2.06. The third-order valence-electron chi connectivity index (χ3n) is 2.83. The second-order valence-electron chi connectivity index (χ2n) is 4.10. The Hall–Kier alpha value is -1.36. The van der Waals surface area contributed by atoms with Crippen LogP contribution in [0.25, 0.3) is 10.1 Å². The summed E-state index contributed by atoms with van der Waals surface area (Å²) in [6, 6.07) is 9.14. The largest absolute Gasteiger partial charge is 0.499 e. The van der Waals surface area contributed by atoms with Gasteiger partial charge in [0.2, 0.25) is 0 Å². The molecule has 0 fully saturated rings. The molecular formula is C14H9ClO2S2. The molecule has 0 amide bonds. The number of carbonyl (C=O) groups is 1. The van der Waals surface area contributed by atoms with Crippen LogP contribution in [0.4, 0.5) is 0 Å². The molecule has 0 spiro atoms. The number of hydrogen-bond acceptors (Lipinski definition) is 4. The monoisotopic (exact) mass is 308 g/mol. The Morgan fingerprint density at radius 2 is 2.16 bits per heavy atom. The molecule has 0 aliphatic carbocycles. The molecule has 0 aliphatic rings. The quantitative estimate of drug-likeness (QED) is 0.709. The van der Waals surface area contributed by atoms with E-state index in [9.17, 15) is 9.90 Å². The maximum atomic E-state index is 12.3. The molecular weight excluding hydrogens is 300 g/mol. The van der Waals surface area contributed by atoms with Crippen molar-refractivity contribution in [1.82, 2.24) is 0 Å². The minimum atomic E-state index is -0.0755. The third-order valence-corrected chi connectivity index (χ3v) is 4.91. The van der Waals surface area contributed by atoms with Gasteiger partial charge in [-0.15, -0.1) is 11.3 Å². The molecule has 3 rings (SSSR count). The van der Waals surface area contributed by atoms with Crippen LogP contribution >= 0.6 is 34.3 Å². The van der Waals surface area contributed by atoms with Crippen molar-refractivity contribution in [3.8, 4) is 5.06 Å². The number of ketones is 1. The van der Waals surface area contributed by atoms with Gasteiger partial charge in [0.1, 0.15) is 0 Å². The number of aromatic hydroxyl groups is 1. The summed E-state index contributed by atoms with van der Waals surface area (Å²) in [4.78, 5) is 13.3. The Morgan fingerprint density at radius 1 is 1.32 bits per heavy atom. The van der Waals surface area contributed by atoms with Crippen LogP contribution in [0.3, 0.4) is 0 Å². The molecule has 2 aromatic heterocycles. The molecule has 0 bridgehead atoms. The summed E-state index contributed by atoms with van der Waals surface area (Å²) in [6.45, 7) is 0. The number of thiophene rings is 2. The van der Waals surface area contributed by atoms with Crippen molar-refractivity contribution in [2.45, 2.75) is 6.42 Å². The van der Waals surface area contributed by atoms with E-state index in [-0.39, 0.29) is 10.8 Å². The van der Waals surface area contributed by atoms with Gasteiger partial charge >= 0.3 is 0 Å². The maximum absolute atomic E-state index is 12.3. The number of Topliss-reactive ketones (excluding diaryl/α,β-unsaturated/α-hetero) is 1. The fourth-order valence-corrected chi connectivity index (χ4v) is 3.80. The molecule has 5 heteroatoms. The first-order chi connectivity index (χ1) is 9.15. The third kappa shape index (κ3) is 2.39. The molecule has 2 heterocycles.